The summed E-state index contributed by atoms with van der Waals surface area (Å²) in [5.41, 5.74) is 3.51. The molecule has 144 valence electrons. The molecule has 3 unspecified atom stereocenters. The minimum Gasteiger partial charge on any atom is -0.497 e. The molecule has 1 aliphatic carbocycles. The Bertz CT molecular complexity index is 850. The van der Waals surface area contributed by atoms with Crippen LogP contribution in [0.15, 0.2) is 29.8 Å². The quantitative estimate of drug-likeness (QED) is 0.593. The van der Waals surface area contributed by atoms with Crippen LogP contribution in [0, 0.1) is 11.8 Å². The first-order valence-corrected chi connectivity index (χ1v) is 9.95. The van der Waals surface area contributed by atoms with Crippen molar-refractivity contribution in [3.8, 4) is 5.75 Å². The molecule has 0 radical (unpaired) electrons. The minimum absolute atomic E-state index is 0.0590. The smallest absolute Gasteiger partial charge is 0.310 e. The van der Waals surface area contributed by atoms with E-state index in [9.17, 15) is 4.79 Å². The highest BCUT2D eigenvalue weighted by Gasteiger charge is 2.75. The highest BCUT2D eigenvalue weighted by molar-refractivity contribution is 5.82. The van der Waals surface area contributed by atoms with Crippen LogP contribution in [0.1, 0.15) is 31.7 Å². The molecule has 0 N–H and O–H groups in total. The summed E-state index contributed by atoms with van der Waals surface area (Å²) in [5, 5.41) is 0. The van der Waals surface area contributed by atoms with Gasteiger partial charge < -0.3 is 14.4 Å². The normalized spacial score (nSPS) is 39.9. The number of fused-ring (bicyclic) bond motifs is 3. The largest absolute Gasteiger partial charge is 0.497 e. The monoisotopic (exact) mass is 368 g/mol. The van der Waals surface area contributed by atoms with Gasteiger partial charge in [0.15, 0.2) is 0 Å². The molecular weight excluding hydrogens is 340 g/mol. The van der Waals surface area contributed by atoms with Gasteiger partial charge in [-0.05, 0) is 55.9 Å². The van der Waals surface area contributed by atoms with E-state index in [2.05, 4.69) is 42.0 Å². The third-order valence-electron chi connectivity index (χ3n) is 8.03. The molecule has 1 aromatic carbocycles. The van der Waals surface area contributed by atoms with E-state index in [4.69, 9.17) is 9.47 Å². The molecule has 0 aromatic heterocycles. The average Bonchev–Trinajstić information content (AvgIpc) is 3.03. The van der Waals surface area contributed by atoms with Gasteiger partial charge in [0.1, 0.15) is 11.4 Å². The molecule has 4 bridgehead atoms. The van der Waals surface area contributed by atoms with Gasteiger partial charge in [0.2, 0.25) is 0 Å². The zero-order valence-electron chi connectivity index (χ0n) is 16.6. The molecule has 5 aliphatic rings. The van der Waals surface area contributed by atoms with E-state index in [0.717, 1.165) is 38.1 Å². The van der Waals surface area contributed by atoms with Crippen molar-refractivity contribution in [2.45, 2.75) is 37.3 Å². The van der Waals surface area contributed by atoms with Crippen LogP contribution in [0.5, 0.6) is 5.75 Å². The molecule has 3 saturated heterocycles. The Morgan fingerprint density at radius 2 is 2.11 bits per heavy atom. The first-order chi connectivity index (χ1) is 13.0. The number of esters is 1. The van der Waals surface area contributed by atoms with Crippen molar-refractivity contribution in [2.75, 3.05) is 39.3 Å². The van der Waals surface area contributed by atoms with E-state index < -0.39 is 0 Å². The van der Waals surface area contributed by atoms with Crippen molar-refractivity contribution in [1.82, 2.24) is 4.90 Å². The van der Waals surface area contributed by atoms with Gasteiger partial charge in [-0.25, -0.2) is 0 Å². The third-order valence-corrected chi connectivity index (χ3v) is 8.03. The van der Waals surface area contributed by atoms with Crippen LogP contribution < -0.4 is 9.64 Å². The number of rotatable bonds is 2. The first-order valence-electron chi connectivity index (χ1n) is 9.95. The Balaban J connectivity index is 1.84. The molecule has 5 atom stereocenters. The van der Waals surface area contributed by atoms with Crippen molar-refractivity contribution >= 4 is 11.7 Å². The van der Waals surface area contributed by atoms with Gasteiger partial charge >= 0.3 is 5.97 Å². The number of methoxy groups -OCH3 is 2. The number of benzene rings is 1. The summed E-state index contributed by atoms with van der Waals surface area (Å²) in [4.78, 5) is 18.3. The standard InChI is InChI=1S/C22H28N2O3/c1-5-14-13-24-11-10-21-17-12-15(26-3)6-7-18(17)23(2)22(21,24)9-8-16(14)19(21)20(25)27-4/h5-7,12,16,19H,8-11,13H2,1-4H3/b14-5-/t16-,19?,21-,22?/m0/s1. The SMILES string of the molecule is C/C=C1/CN2CC[C@@]34c5cc(OC)ccc5N(C)C23CC[C@@H]1C4C(=O)OC. The summed E-state index contributed by atoms with van der Waals surface area (Å²) in [6.07, 6.45) is 5.34. The summed E-state index contributed by atoms with van der Waals surface area (Å²) in [7, 11) is 5.46. The number of anilines is 1. The number of nitrogens with zero attached hydrogens (tertiary/aromatic N) is 2. The number of hydrogen-bond acceptors (Lipinski definition) is 5. The average molecular weight is 368 g/mol. The lowest BCUT2D eigenvalue weighted by atomic mass is 9.54. The molecule has 4 fully saturated rings. The summed E-state index contributed by atoms with van der Waals surface area (Å²) in [6, 6.07) is 6.38. The lowest BCUT2D eigenvalue weighted by Gasteiger charge is -2.54. The molecule has 1 saturated carbocycles. The lowest BCUT2D eigenvalue weighted by molar-refractivity contribution is -0.154. The van der Waals surface area contributed by atoms with Gasteiger partial charge in [0.25, 0.3) is 0 Å². The number of likely N-dealkylation sites (N-methyl/N-ethyl adjacent to an activating group) is 1. The Hall–Kier alpha value is -2.01. The zero-order chi connectivity index (χ0) is 19.0. The van der Waals surface area contributed by atoms with Gasteiger partial charge in [-0.15, -0.1) is 0 Å². The van der Waals surface area contributed by atoms with E-state index >= 15 is 0 Å². The van der Waals surface area contributed by atoms with E-state index in [1.165, 1.54) is 23.9 Å². The van der Waals surface area contributed by atoms with Crippen molar-refractivity contribution in [2.24, 2.45) is 11.8 Å². The molecule has 5 heteroatoms. The Morgan fingerprint density at radius 1 is 1.30 bits per heavy atom. The van der Waals surface area contributed by atoms with Crippen LogP contribution in [0.25, 0.3) is 0 Å². The number of allylic oxidation sites excluding steroid dienone is 1. The Kier molecular flexibility index (Phi) is 3.49. The predicted molar refractivity (Wildman–Crippen MR) is 104 cm³/mol. The van der Waals surface area contributed by atoms with Crippen molar-refractivity contribution in [3.63, 3.8) is 0 Å². The van der Waals surface area contributed by atoms with Crippen LogP contribution in [0.2, 0.25) is 0 Å². The van der Waals surface area contributed by atoms with Crippen LogP contribution in [0.3, 0.4) is 0 Å². The fourth-order valence-electron chi connectivity index (χ4n) is 7.06. The fourth-order valence-corrected chi connectivity index (χ4v) is 7.06. The Labute approximate surface area is 160 Å². The van der Waals surface area contributed by atoms with Gasteiger partial charge in [-0.1, -0.05) is 11.6 Å². The van der Waals surface area contributed by atoms with Crippen LogP contribution in [-0.4, -0.2) is 50.9 Å². The van der Waals surface area contributed by atoms with E-state index in [0.29, 0.717) is 0 Å². The number of carbonyl (C=O) groups excluding carboxylic acids is 1. The number of ether oxygens (including phenoxy) is 2. The fraction of sp³-hybridized carbons (Fsp3) is 0.591. The molecule has 4 heterocycles. The summed E-state index contributed by atoms with van der Waals surface area (Å²) in [5.74, 6) is 0.912. The van der Waals surface area contributed by atoms with E-state index in [1.54, 1.807) is 7.11 Å². The third kappa shape index (κ3) is 1.73. The molecule has 1 spiro atoms. The molecule has 1 aromatic rings. The lowest BCUT2D eigenvalue weighted by Crippen LogP contribution is -2.66. The van der Waals surface area contributed by atoms with Gasteiger partial charge in [0.05, 0.1) is 20.1 Å². The van der Waals surface area contributed by atoms with Crippen molar-refractivity contribution < 1.29 is 14.3 Å². The van der Waals surface area contributed by atoms with Crippen LogP contribution in [-0.2, 0) is 14.9 Å². The highest BCUT2D eigenvalue weighted by atomic mass is 16.5. The number of carbonyl (C=O) groups is 1. The molecule has 27 heavy (non-hydrogen) atoms. The highest BCUT2D eigenvalue weighted by Crippen LogP contribution is 2.69. The second kappa shape index (κ2) is 5.51. The van der Waals surface area contributed by atoms with Crippen LogP contribution >= 0.6 is 0 Å². The molecular formula is C22H28N2O3. The maximum atomic E-state index is 13.2. The van der Waals surface area contributed by atoms with E-state index in [-0.39, 0.29) is 28.9 Å². The first kappa shape index (κ1) is 17.1. The second-order valence-electron chi connectivity index (χ2n) is 8.41. The number of hydrogen-bond donors (Lipinski definition) is 0. The predicted octanol–water partition coefficient (Wildman–Crippen LogP) is 2.94. The minimum atomic E-state index is -0.244. The summed E-state index contributed by atoms with van der Waals surface area (Å²) >= 11 is 0. The molecule has 5 nitrogen and oxygen atoms in total. The van der Waals surface area contributed by atoms with Crippen molar-refractivity contribution in [3.05, 3.63) is 35.4 Å². The van der Waals surface area contributed by atoms with Crippen LogP contribution in [0.4, 0.5) is 5.69 Å². The van der Waals surface area contributed by atoms with Gasteiger partial charge in [-0.3, -0.25) is 9.69 Å². The van der Waals surface area contributed by atoms with Crippen molar-refractivity contribution in [1.29, 1.82) is 0 Å². The zero-order valence-corrected chi connectivity index (χ0v) is 16.6. The van der Waals surface area contributed by atoms with Gasteiger partial charge in [-0.2, -0.15) is 0 Å². The maximum absolute atomic E-state index is 13.2. The van der Waals surface area contributed by atoms with E-state index in [1.807, 2.05) is 6.07 Å². The second-order valence-corrected chi connectivity index (χ2v) is 8.41. The summed E-state index contributed by atoms with van der Waals surface area (Å²) in [6.45, 7) is 4.08. The summed E-state index contributed by atoms with van der Waals surface area (Å²) < 4.78 is 11.0. The maximum Gasteiger partial charge on any atom is 0.310 e. The van der Waals surface area contributed by atoms with Gasteiger partial charge in [0, 0.05) is 31.2 Å². The topological polar surface area (TPSA) is 42.0 Å². The molecule has 0 amide bonds. The Morgan fingerprint density at radius 3 is 2.81 bits per heavy atom. The molecule has 6 rings (SSSR count). The molecule has 4 aliphatic heterocycles.